The predicted octanol–water partition coefficient (Wildman–Crippen LogP) is 4.56. The van der Waals surface area contributed by atoms with Gasteiger partial charge in [0.05, 0.1) is 5.56 Å². The van der Waals surface area contributed by atoms with Crippen LogP contribution in [0.15, 0.2) is 42.6 Å². The summed E-state index contributed by atoms with van der Waals surface area (Å²) in [6.45, 7) is 0.862. The van der Waals surface area contributed by atoms with Crippen molar-refractivity contribution in [2.24, 2.45) is 0 Å². The van der Waals surface area contributed by atoms with E-state index in [1.165, 1.54) is 6.07 Å². The Labute approximate surface area is 152 Å². The lowest BCUT2D eigenvalue weighted by atomic mass is 10.1. The van der Waals surface area contributed by atoms with Crippen LogP contribution in [-0.2, 0) is 6.18 Å². The lowest BCUT2D eigenvalue weighted by Gasteiger charge is -2.20. The molecule has 1 atom stereocenters. The summed E-state index contributed by atoms with van der Waals surface area (Å²) in [6.07, 6.45) is -3.00. The number of carbonyl (C=O) groups excluding carboxylic acids is 1. The summed E-state index contributed by atoms with van der Waals surface area (Å²) in [5.41, 5.74) is -0.296. The van der Waals surface area contributed by atoms with Gasteiger partial charge in [0.2, 0.25) is 0 Å². The summed E-state index contributed by atoms with van der Waals surface area (Å²) >= 11 is 1.58. The summed E-state index contributed by atoms with van der Waals surface area (Å²) < 4.78 is 51.7. The SMILES string of the molecule is O=C(c1ccc(C(F)(F)F)nc1)N1CCSC(c2ccccc2F)CC1. The summed E-state index contributed by atoms with van der Waals surface area (Å²) in [7, 11) is 0. The fourth-order valence-electron chi connectivity index (χ4n) is 2.83. The summed E-state index contributed by atoms with van der Waals surface area (Å²) in [6, 6.07) is 8.52. The van der Waals surface area contributed by atoms with E-state index in [-0.39, 0.29) is 22.5 Å². The van der Waals surface area contributed by atoms with Crippen molar-refractivity contribution in [2.45, 2.75) is 17.8 Å². The third-order valence-electron chi connectivity index (χ3n) is 4.18. The highest BCUT2D eigenvalue weighted by atomic mass is 32.2. The van der Waals surface area contributed by atoms with Crippen LogP contribution in [0.3, 0.4) is 0 Å². The number of pyridine rings is 1. The van der Waals surface area contributed by atoms with Crippen molar-refractivity contribution in [2.75, 3.05) is 18.8 Å². The van der Waals surface area contributed by atoms with Crippen molar-refractivity contribution < 1.29 is 22.4 Å². The number of nitrogens with zero attached hydrogens (tertiary/aromatic N) is 2. The second-order valence-corrected chi connectivity index (χ2v) is 7.20. The van der Waals surface area contributed by atoms with Gasteiger partial charge in [-0.1, -0.05) is 18.2 Å². The van der Waals surface area contributed by atoms with Gasteiger partial charge < -0.3 is 4.90 Å². The Morgan fingerprint density at radius 1 is 1.15 bits per heavy atom. The quantitative estimate of drug-likeness (QED) is 0.712. The first-order chi connectivity index (χ1) is 12.4. The van der Waals surface area contributed by atoms with Gasteiger partial charge in [-0.2, -0.15) is 24.9 Å². The minimum absolute atomic E-state index is 0.0558. The zero-order chi connectivity index (χ0) is 18.7. The van der Waals surface area contributed by atoms with Gasteiger partial charge in [-0.3, -0.25) is 9.78 Å². The first kappa shape index (κ1) is 18.7. The Morgan fingerprint density at radius 2 is 1.92 bits per heavy atom. The standard InChI is InChI=1S/C18H16F4N2OS/c19-14-4-2-1-3-13(14)15-7-8-24(9-10-26-15)17(25)12-5-6-16(23-11-12)18(20,21)22/h1-6,11,15H,7-10H2. The lowest BCUT2D eigenvalue weighted by molar-refractivity contribution is -0.141. The minimum Gasteiger partial charge on any atom is -0.338 e. The van der Waals surface area contributed by atoms with Gasteiger partial charge in [0.15, 0.2) is 0 Å². The van der Waals surface area contributed by atoms with Crippen LogP contribution in [0.2, 0.25) is 0 Å². The minimum atomic E-state index is -4.53. The topological polar surface area (TPSA) is 33.2 Å². The van der Waals surface area contributed by atoms with Gasteiger partial charge in [0.1, 0.15) is 11.5 Å². The average molecular weight is 384 g/mol. The molecule has 1 aromatic heterocycles. The third-order valence-corrected chi connectivity index (χ3v) is 5.49. The number of benzene rings is 1. The molecule has 1 saturated heterocycles. The fourth-order valence-corrected chi connectivity index (χ4v) is 4.08. The Bertz CT molecular complexity index is 780. The first-order valence-electron chi connectivity index (χ1n) is 8.05. The second-order valence-electron chi connectivity index (χ2n) is 5.89. The molecule has 0 N–H and O–H groups in total. The van der Waals surface area contributed by atoms with Gasteiger partial charge in [-0.05, 0) is 24.6 Å². The highest BCUT2D eigenvalue weighted by molar-refractivity contribution is 7.99. The molecule has 0 aliphatic carbocycles. The number of carbonyl (C=O) groups is 1. The van der Waals surface area contributed by atoms with E-state index < -0.39 is 11.9 Å². The van der Waals surface area contributed by atoms with Crippen LogP contribution in [0.5, 0.6) is 0 Å². The van der Waals surface area contributed by atoms with E-state index in [0.717, 1.165) is 18.3 Å². The molecule has 1 fully saturated rings. The molecule has 2 aromatic rings. The number of rotatable bonds is 2. The van der Waals surface area contributed by atoms with Crippen molar-refractivity contribution in [3.05, 3.63) is 65.2 Å². The number of alkyl halides is 3. The van der Waals surface area contributed by atoms with E-state index in [0.29, 0.717) is 30.8 Å². The summed E-state index contributed by atoms with van der Waals surface area (Å²) in [5, 5.41) is -0.0558. The second kappa shape index (κ2) is 7.65. The van der Waals surface area contributed by atoms with Crippen LogP contribution in [0.25, 0.3) is 0 Å². The summed E-state index contributed by atoms with van der Waals surface area (Å²) in [4.78, 5) is 17.5. The molecule has 0 radical (unpaired) electrons. The van der Waals surface area contributed by atoms with E-state index in [2.05, 4.69) is 4.98 Å². The molecule has 138 valence electrons. The third kappa shape index (κ3) is 4.17. The van der Waals surface area contributed by atoms with Crippen LogP contribution in [0.1, 0.15) is 33.3 Å². The van der Waals surface area contributed by atoms with Crippen molar-refractivity contribution in [1.29, 1.82) is 0 Å². The molecule has 2 heterocycles. The van der Waals surface area contributed by atoms with E-state index in [1.807, 2.05) is 0 Å². The Morgan fingerprint density at radius 3 is 2.58 bits per heavy atom. The van der Waals surface area contributed by atoms with Gasteiger partial charge >= 0.3 is 6.18 Å². The van der Waals surface area contributed by atoms with Crippen LogP contribution >= 0.6 is 11.8 Å². The molecule has 1 aromatic carbocycles. The molecule has 1 amide bonds. The number of aromatic nitrogens is 1. The maximum Gasteiger partial charge on any atom is 0.433 e. The van der Waals surface area contributed by atoms with Gasteiger partial charge in [0.25, 0.3) is 5.91 Å². The molecule has 1 aliphatic heterocycles. The van der Waals surface area contributed by atoms with Crippen LogP contribution in [0.4, 0.5) is 17.6 Å². The average Bonchev–Trinajstić information content (AvgIpc) is 2.87. The van der Waals surface area contributed by atoms with Crippen molar-refractivity contribution in [3.8, 4) is 0 Å². The van der Waals surface area contributed by atoms with Gasteiger partial charge in [-0.25, -0.2) is 4.39 Å². The maximum absolute atomic E-state index is 14.0. The molecule has 8 heteroatoms. The zero-order valence-corrected chi connectivity index (χ0v) is 14.5. The summed E-state index contributed by atoms with van der Waals surface area (Å²) in [5.74, 6) is -0.00329. The number of halogens is 4. The molecule has 0 saturated carbocycles. The first-order valence-corrected chi connectivity index (χ1v) is 9.09. The lowest BCUT2D eigenvalue weighted by Crippen LogP contribution is -2.33. The van der Waals surface area contributed by atoms with Crippen molar-refractivity contribution in [3.63, 3.8) is 0 Å². The Hall–Kier alpha value is -2.09. The molecule has 26 heavy (non-hydrogen) atoms. The number of hydrogen-bond donors (Lipinski definition) is 0. The van der Waals surface area contributed by atoms with Crippen molar-refractivity contribution in [1.82, 2.24) is 9.88 Å². The molecule has 3 rings (SSSR count). The largest absolute Gasteiger partial charge is 0.433 e. The molecule has 1 unspecified atom stereocenters. The van der Waals surface area contributed by atoms with Crippen molar-refractivity contribution >= 4 is 17.7 Å². The van der Waals surface area contributed by atoms with E-state index in [9.17, 15) is 22.4 Å². The monoisotopic (exact) mass is 384 g/mol. The molecule has 0 spiro atoms. The van der Waals surface area contributed by atoms with Gasteiger partial charge in [0, 0.05) is 35.9 Å². The van der Waals surface area contributed by atoms with Crippen LogP contribution < -0.4 is 0 Å². The van der Waals surface area contributed by atoms with E-state index in [4.69, 9.17) is 0 Å². The predicted molar refractivity (Wildman–Crippen MR) is 91.4 cm³/mol. The maximum atomic E-state index is 14.0. The number of hydrogen-bond acceptors (Lipinski definition) is 3. The van der Waals surface area contributed by atoms with E-state index in [1.54, 1.807) is 34.9 Å². The molecular weight excluding hydrogens is 368 g/mol. The fraction of sp³-hybridized carbons (Fsp3) is 0.333. The Balaban J connectivity index is 1.69. The molecule has 0 bridgehead atoms. The smallest absolute Gasteiger partial charge is 0.338 e. The molecule has 1 aliphatic rings. The van der Waals surface area contributed by atoms with Gasteiger partial charge in [-0.15, -0.1) is 0 Å². The highest BCUT2D eigenvalue weighted by Crippen LogP contribution is 2.36. The number of thioether (sulfide) groups is 1. The Kier molecular flexibility index (Phi) is 5.50. The molecular formula is C18H16F4N2OS. The molecule has 3 nitrogen and oxygen atoms in total. The van der Waals surface area contributed by atoms with Crippen LogP contribution in [-0.4, -0.2) is 34.6 Å². The van der Waals surface area contributed by atoms with E-state index >= 15 is 0 Å². The zero-order valence-electron chi connectivity index (χ0n) is 13.7. The normalized spacial score (nSPS) is 18.5. The number of amides is 1. The highest BCUT2D eigenvalue weighted by Gasteiger charge is 2.32. The van der Waals surface area contributed by atoms with Crippen LogP contribution in [0, 0.1) is 5.82 Å².